The van der Waals surface area contributed by atoms with Gasteiger partial charge in [0.05, 0.1) is 4.91 Å². The monoisotopic (exact) mass is 332 g/mol. The van der Waals surface area contributed by atoms with Crippen LogP contribution in [0.25, 0.3) is 17.4 Å². The maximum absolute atomic E-state index is 12.1. The van der Waals surface area contributed by atoms with Gasteiger partial charge >= 0.3 is 0 Å². The van der Waals surface area contributed by atoms with Crippen LogP contribution in [0.4, 0.5) is 0 Å². The molecule has 112 valence electrons. The maximum atomic E-state index is 12.1. The first-order chi connectivity index (χ1) is 10.6. The molecule has 0 radical (unpaired) electrons. The van der Waals surface area contributed by atoms with Crippen LogP contribution < -0.4 is 0 Å². The molecule has 6 heteroatoms. The molecule has 1 aromatic heterocycles. The van der Waals surface area contributed by atoms with Crippen molar-refractivity contribution in [3.8, 4) is 11.3 Å². The summed E-state index contributed by atoms with van der Waals surface area (Å²) < 4.78 is 5.78. The van der Waals surface area contributed by atoms with Gasteiger partial charge in [0.1, 0.15) is 11.5 Å². The number of thioether (sulfide) groups is 1. The van der Waals surface area contributed by atoms with E-state index in [1.807, 2.05) is 36.4 Å². The van der Waals surface area contributed by atoms with Crippen LogP contribution in [0.15, 0.2) is 50.7 Å². The normalized spacial score (nSPS) is 18.7. The molecule has 4 nitrogen and oxygen atoms in total. The zero-order valence-electron chi connectivity index (χ0n) is 12.0. The van der Waals surface area contributed by atoms with E-state index in [1.165, 1.54) is 16.7 Å². The van der Waals surface area contributed by atoms with Crippen LogP contribution in [0.1, 0.15) is 5.76 Å². The molecular weight excluding hydrogens is 320 g/mol. The molecule has 0 spiro atoms. The molecule has 3 rings (SSSR count). The number of likely N-dealkylation sites (N-methyl/N-ethyl adjacent to an activating group) is 1. The van der Waals surface area contributed by atoms with Gasteiger partial charge in [0.15, 0.2) is 5.17 Å². The highest BCUT2D eigenvalue weighted by molar-refractivity contribution is 8.18. The maximum Gasteiger partial charge on any atom is 0.266 e. The largest absolute Gasteiger partial charge is 0.457 e. The molecule has 0 N–H and O–H groups in total. The molecule has 22 heavy (non-hydrogen) atoms. The van der Waals surface area contributed by atoms with Gasteiger partial charge in [0.25, 0.3) is 5.91 Å². The van der Waals surface area contributed by atoms with Crippen molar-refractivity contribution >= 4 is 40.5 Å². The van der Waals surface area contributed by atoms with Crippen molar-refractivity contribution < 1.29 is 9.21 Å². The smallest absolute Gasteiger partial charge is 0.266 e. The molecule has 1 aliphatic rings. The number of amides is 1. The summed E-state index contributed by atoms with van der Waals surface area (Å²) in [5.74, 6) is 1.26. The molecule has 2 aromatic rings. The number of rotatable bonds is 2. The molecule has 1 fully saturated rings. The quantitative estimate of drug-likeness (QED) is 0.777. The fourth-order valence-corrected chi connectivity index (χ4v) is 3.20. The first-order valence-electron chi connectivity index (χ1n) is 6.58. The Morgan fingerprint density at radius 3 is 2.82 bits per heavy atom. The van der Waals surface area contributed by atoms with Crippen LogP contribution in [-0.4, -0.2) is 30.1 Å². The molecule has 0 aliphatic carbocycles. The minimum absolute atomic E-state index is 0.0775. The van der Waals surface area contributed by atoms with Crippen molar-refractivity contribution in [1.82, 2.24) is 4.90 Å². The first-order valence-corrected chi connectivity index (χ1v) is 7.78. The minimum atomic E-state index is -0.0775. The Labute approximate surface area is 137 Å². The topological polar surface area (TPSA) is 45.8 Å². The van der Waals surface area contributed by atoms with Crippen molar-refractivity contribution in [2.75, 3.05) is 14.1 Å². The average Bonchev–Trinajstić information content (AvgIpc) is 3.08. The van der Waals surface area contributed by atoms with Crippen molar-refractivity contribution in [2.24, 2.45) is 4.99 Å². The third kappa shape index (κ3) is 2.82. The van der Waals surface area contributed by atoms with Crippen LogP contribution in [-0.2, 0) is 4.79 Å². The minimum Gasteiger partial charge on any atom is -0.457 e. The predicted molar refractivity (Wildman–Crippen MR) is 90.9 cm³/mol. The van der Waals surface area contributed by atoms with Crippen LogP contribution >= 0.6 is 23.4 Å². The molecule has 0 atom stereocenters. The van der Waals surface area contributed by atoms with Gasteiger partial charge in [-0.25, -0.2) is 0 Å². The molecule has 1 aliphatic heterocycles. The van der Waals surface area contributed by atoms with E-state index in [0.717, 1.165) is 5.56 Å². The number of halogens is 1. The fraction of sp³-hybridized carbons (Fsp3) is 0.125. The summed E-state index contributed by atoms with van der Waals surface area (Å²) in [6, 6.07) is 11.1. The third-order valence-electron chi connectivity index (χ3n) is 3.20. The van der Waals surface area contributed by atoms with E-state index >= 15 is 0 Å². The van der Waals surface area contributed by atoms with E-state index in [2.05, 4.69) is 4.99 Å². The SMILES string of the molecule is CN=C1S/C(=C/c2ccc(-c3cccc(Cl)c3)o2)C(=O)N1C. The highest BCUT2D eigenvalue weighted by Crippen LogP contribution is 2.32. The lowest BCUT2D eigenvalue weighted by Gasteiger charge is -2.04. The summed E-state index contributed by atoms with van der Waals surface area (Å²) in [5.41, 5.74) is 0.899. The Balaban J connectivity index is 1.89. The summed E-state index contributed by atoms with van der Waals surface area (Å²) >= 11 is 7.32. The third-order valence-corrected chi connectivity index (χ3v) is 4.59. The van der Waals surface area contributed by atoms with E-state index < -0.39 is 0 Å². The number of furan rings is 1. The van der Waals surface area contributed by atoms with Crippen LogP contribution in [0.5, 0.6) is 0 Å². The summed E-state index contributed by atoms with van der Waals surface area (Å²) in [4.78, 5) is 18.3. The van der Waals surface area contributed by atoms with E-state index in [4.69, 9.17) is 16.0 Å². The summed E-state index contributed by atoms with van der Waals surface area (Å²) in [7, 11) is 3.37. The van der Waals surface area contributed by atoms with Gasteiger partial charge in [0, 0.05) is 30.8 Å². The Morgan fingerprint density at radius 1 is 1.32 bits per heavy atom. The van der Waals surface area contributed by atoms with Crippen molar-refractivity contribution in [1.29, 1.82) is 0 Å². The molecule has 0 unspecified atom stereocenters. The number of nitrogens with zero attached hydrogens (tertiary/aromatic N) is 2. The molecule has 0 bridgehead atoms. The number of hydrogen-bond acceptors (Lipinski definition) is 4. The molecule has 1 aromatic carbocycles. The van der Waals surface area contributed by atoms with Crippen molar-refractivity contribution in [2.45, 2.75) is 0 Å². The Hall–Kier alpha value is -1.98. The molecule has 0 saturated carbocycles. The van der Waals surface area contributed by atoms with E-state index in [9.17, 15) is 4.79 Å². The van der Waals surface area contributed by atoms with Crippen molar-refractivity contribution in [3.05, 3.63) is 52.1 Å². The zero-order valence-corrected chi connectivity index (χ0v) is 13.6. The summed E-state index contributed by atoms with van der Waals surface area (Å²) in [5, 5.41) is 1.33. The van der Waals surface area contributed by atoms with Gasteiger partial charge in [-0.05, 0) is 36.0 Å². The number of carbonyl (C=O) groups excluding carboxylic acids is 1. The first kappa shape index (κ1) is 14.9. The van der Waals surface area contributed by atoms with Gasteiger partial charge in [0.2, 0.25) is 0 Å². The predicted octanol–water partition coefficient (Wildman–Crippen LogP) is 4.13. The molecular formula is C16H13ClN2O2S. The Bertz CT molecular complexity index is 795. The molecule has 1 saturated heterocycles. The Kier molecular flexibility index (Phi) is 4.09. The highest BCUT2D eigenvalue weighted by Gasteiger charge is 2.30. The lowest BCUT2D eigenvalue weighted by atomic mass is 10.2. The van der Waals surface area contributed by atoms with Gasteiger partial charge in [-0.15, -0.1) is 0 Å². The van der Waals surface area contributed by atoms with Crippen molar-refractivity contribution in [3.63, 3.8) is 0 Å². The number of hydrogen-bond donors (Lipinski definition) is 0. The van der Waals surface area contributed by atoms with Crippen LogP contribution in [0, 0.1) is 0 Å². The average molecular weight is 333 g/mol. The van der Waals surface area contributed by atoms with Crippen LogP contribution in [0.2, 0.25) is 5.02 Å². The van der Waals surface area contributed by atoms with Gasteiger partial charge < -0.3 is 4.42 Å². The lowest BCUT2D eigenvalue weighted by molar-refractivity contribution is -0.121. The highest BCUT2D eigenvalue weighted by atomic mass is 35.5. The second-order valence-corrected chi connectivity index (χ2v) is 6.14. The zero-order chi connectivity index (χ0) is 15.7. The number of amidine groups is 1. The van der Waals surface area contributed by atoms with Gasteiger partial charge in [-0.2, -0.15) is 0 Å². The van der Waals surface area contributed by atoms with Crippen LogP contribution in [0.3, 0.4) is 0 Å². The number of benzene rings is 1. The molecule has 1 amide bonds. The van der Waals surface area contributed by atoms with E-state index in [0.29, 0.717) is 26.6 Å². The van der Waals surface area contributed by atoms with Gasteiger partial charge in [-0.3, -0.25) is 14.7 Å². The fourth-order valence-electron chi connectivity index (χ4n) is 2.11. The second kappa shape index (κ2) is 6.02. The second-order valence-electron chi connectivity index (χ2n) is 4.69. The van der Waals surface area contributed by atoms with Gasteiger partial charge in [-0.1, -0.05) is 23.7 Å². The number of carbonyl (C=O) groups is 1. The van der Waals surface area contributed by atoms with E-state index in [-0.39, 0.29) is 5.91 Å². The van der Waals surface area contributed by atoms with E-state index in [1.54, 1.807) is 20.2 Å². The summed E-state index contributed by atoms with van der Waals surface area (Å²) in [6.07, 6.45) is 1.73. The summed E-state index contributed by atoms with van der Waals surface area (Å²) in [6.45, 7) is 0. The lowest BCUT2D eigenvalue weighted by Crippen LogP contribution is -2.23. The standard InChI is InChI=1S/C16H13ClN2O2S/c1-18-16-19(2)15(20)14(22-16)9-12-6-7-13(21-12)10-4-3-5-11(17)8-10/h3-9H,1-2H3/b14-9+,18-16?. The number of aliphatic imine (C=N–C) groups is 1. The Morgan fingerprint density at radius 2 is 2.14 bits per heavy atom. The molecule has 2 heterocycles.